The molecule has 5 heteroatoms. The van der Waals surface area contributed by atoms with E-state index in [1.165, 1.54) is 0 Å². The Labute approximate surface area is 109 Å². The summed E-state index contributed by atoms with van der Waals surface area (Å²) in [6, 6.07) is 3.53. The third-order valence-electron chi connectivity index (χ3n) is 3.54. The molecule has 0 saturated carbocycles. The molecule has 1 saturated heterocycles. The molecule has 1 aromatic rings. The maximum atomic E-state index is 12.7. The van der Waals surface area contributed by atoms with E-state index in [0.717, 1.165) is 24.0 Å². The third-order valence-corrected chi connectivity index (χ3v) is 5.86. The minimum atomic E-state index is -3.39. The van der Waals surface area contributed by atoms with Crippen molar-refractivity contribution in [1.82, 2.24) is 4.31 Å². The Bertz CT molecular complexity index is 543. The number of nitrogens with two attached hydrogens (primary N) is 1. The van der Waals surface area contributed by atoms with Crippen LogP contribution in [0.25, 0.3) is 0 Å². The second kappa shape index (κ2) is 4.55. The Morgan fingerprint density at radius 3 is 2.28 bits per heavy atom. The van der Waals surface area contributed by atoms with Crippen molar-refractivity contribution in [3.05, 3.63) is 23.3 Å². The molecule has 2 rings (SSSR count). The fourth-order valence-electron chi connectivity index (χ4n) is 2.77. The highest BCUT2D eigenvalue weighted by Crippen LogP contribution is 2.30. The summed E-state index contributed by atoms with van der Waals surface area (Å²) in [4.78, 5) is 0.422. The van der Waals surface area contributed by atoms with Gasteiger partial charge in [-0.3, -0.25) is 0 Å². The SMILES string of the molecule is Cc1cc(N)cc(C)c1S(=O)(=O)N1CCCC1C. The van der Waals surface area contributed by atoms with E-state index in [1.54, 1.807) is 30.3 Å². The lowest BCUT2D eigenvalue weighted by atomic mass is 10.1. The van der Waals surface area contributed by atoms with Crippen LogP contribution in [0.5, 0.6) is 0 Å². The molecule has 0 aliphatic carbocycles. The first kappa shape index (κ1) is 13.4. The molecule has 1 heterocycles. The number of nitrogen functional groups attached to an aromatic ring is 1. The van der Waals surface area contributed by atoms with Gasteiger partial charge in [0.1, 0.15) is 0 Å². The van der Waals surface area contributed by atoms with E-state index in [9.17, 15) is 8.42 Å². The summed E-state index contributed by atoms with van der Waals surface area (Å²) in [5, 5.41) is 0. The van der Waals surface area contributed by atoms with Gasteiger partial charge in [-0.15, -0.1) is 0 Å². The van der Waals surface area contributed by atoms with Crippen molar-refractivity contribution < 1.29 is 8.42 Å². The van der Waals surface area contributed by atoms with E-state index < -0.39 is 10.0 Å². The minimum Gasteiger partial charge on any atom is -0.399 e. The number of hydrogen-bond donors (Lipinski definition) is 1. The molecule has 1 aromatic carbocycles. The maximum absolute atomic E-state index is 12.7. The molecule has 0 aromatic heterocycles. The largest absolute Gasteiger partial charge is 0.399 e. The zero-order chi connectivity index (χ0) is 13.5. The van der Waals surface area contributed by atoms with E-state index >= 15 is 0 Å². The van der Waals surface area contributed by atoms with Gasteiger partial charge < -0.3 is 5.73 Å². The standard InChI is InChI=1S/C13H20N2O2S/c1-9-7-12(14)8-10(2)13(9)18(16,17)15-6-4-5-11(15)3/h7-8,11H,4-6,14H2,1-3H3. The van der Waals surface area contributed by atoms with Gasteiger partial charge in [0.05, 0.1) is 4.90 Å². The van der Waals surface area contributed by atoms with Crippen molar-refractivity contribution in [2.45, 2.75) is 44.6 Å². The lowest BCUT2D eigenvalue weighted by molar-refractivity contribution is 0.408. The van der Waals surface area contributed by atoms with Crippen molar-refractivity contribution in [2.24, 2.45) is 0 Å². The van der Waals surface area contributed by atoms with Crippen LogP contribution in [0, 0.1) is 13.8 Å². The summed E-state index contributed by atoms with van der Waals surface area (Å²) in [5.41, 5.74) is 7.81. The molecule has 18 heavy (non-hydrogen) atoms. The molecular formula is C13H20N2O2S. The predicted octanol–water partition coefficient (Wildman–Crippen LogP) is 2.06. The van der Waals surface area contributed by atoms with Crippen LogP contribution < -0.4 is 5.73 Å². The fourth-order valence-corrected chi connectivity index (χ4v) is 4.89. The van der Waals surface area contributed by atoms with Crippen LogP contribution in [0.15, 0.2) is 17.0 Å². The summed E-state index contributed by atoms with van der Waals surface area (Å²) in [5.74, 6) is 0. The van der Waals surface area contributed by atoms with Gasteiger partial charge in [0.15, 0.2) is 0 Å². The second-order valence-electron chi connectivity index (χ2n) is 5.09. The van der Waals surface area contributed by atoms with Crippen LogP contribution in [0.3, 0.4) is 0 Å². The van der Waals surface area contributed by atoms with Crippen LogP contribution in [0.2, 0.25) is 0 Å². The number of anilines is 1. The zero-order valence-corrected chi connectivity index (χ0v) is 11.9. The lowest BCUT2D eigenvalue weighted by Crippen LogP contribution is -2.34. The molecule has 100 valence electrons. The molecule has 1 fully saturated rings. The Kier molecular flexibility index (Phi) is 3.38. The van der Waals surface area contributed by atoms with E-state index in [0.29, 0.717) is 17.1 Å². The van der Waals surface area contributed by atoms with Crippen LogP contribution in [0.4, 0.5) is 5.69 Å². The molecule has 0 spiro atoms. The first-order chi connectivity index (χ1) is 8.34. The molecule has 0 amide bonds. The van der Waals surface area contributed by atoms with E-state index in [-0.39, 0.29) is 6.04 Å². The molecule has 1 aliphatic rings. The summed E-state index contributed by atoms with van der Waals surface area (Å²) in [6.45, 7) is 6.19. The number of hydrogen-bond acceptors (Lipinski definition) is 3. The second-order valence-corrected chi connectivity index (χ2v) is 6.92. The van der Waals surface area contributed by atoms with Gasteiger partial charge >= 0.3 is 0 Å². The molecule has 0 radical (unpaired) electrons. The molecule has 2 N–H and O–H groups in total. The molecular weight excluding hydrogens is 248 g/mol. The third kappa shape index (κ3) is 2.12. The van der Waals surface area contributed by atoms with Crippen LogP contribution in [-0.2, 0) is 10.0 Å². The first-order valence-electron chi connectivity index (χ1n) is 6.22. The van der Waals surface area contributed by atoms with E-state index in [4.69, 9.17) is 5.73 Å². The zero-order valence-electron chi connectivity index (χ0n) is 11.1. The topological polar surface area (TPSA) is 63.4 Å². The van der Waals surface area contributed by atoms with Gasteiger partial charge in [0.2, 0.25) is 10.0 Å². The molecule has 0 bridgehead atoms. The van der Waals surface area contributed by atoms with Crippen molar-refractivity contribution in [3.8, 4) is 0 Å². The summed E-state index contributed by atoms with van der Waals surface area (Å²) in [7, 11) is -3.39. The average molecular weight is 268 g/mol. The van der Waals surface area contributed by atoms with Crippen molar-refractivity contribution in [3.63, 3.8) is 0 Å². The van der Waals surface area contributed by atoms with Gasteiger partial charge in [-0.1, -0.05) is 0 Å². The normalized spacial score (nSPS) is 21.4. The molecule has 1 aliphatic heterocycles. The number of benzene rings is 1. The Morgan fingerprint density at radius 1 is 1.28 bits per heavy atom. The highest BCUT2D eigenvalue weighted by atomic mass is 32.2. The Morgan fingerprint density at radius 2 is 1.83 bits per heavy atom. The molecule has 4 nitrogen and oxygen atoms in total. The summed E-state index contributed by atoms with van der Waals surface area (Å²) in [6.07, 6.45) is 1.87. The van der Waals surface area contributed by atoms with E-state index in [2.05, 4.69) is 0 Å². The highest BCUT2D eigenvalue weighted by molar-refractivity contribution is 7.89. The number of aryl methyl sites for hydroxylation is 2. The Hall–Kier alpha value is -1.07. The quantitative estimate of drug-likeness (QED) is 0.835. The van der Waals surface area contributed by atoms with Crippen molar-refractivity contribution in [1.29, 1.82) is 0 Å². The summed E-state index contributed by atoms with van der Waals surface area (Å²) >= 11 is 0. The maximum Gasteiger partial charge on any atom is 0.243 e. The van der Waals surface area contributed by atoms with Crippen LogP contribution in [-0.4, -0.2) is 25.3 Å². The summed E-state index contributed by atoms with van der Waals surface area (Å²) < 4.78 is 27.0. The van der Waals surface area contributed by atoms with Crippen molar-refractivity contribution >= 4 is 15.7 Å². The average Bonchev–Trinajstić information content (AvgIpc) is 2.62. The molecule has 1 unspecified atom stereocenters. The minimum absolute atomic E-state index is 0.0892. The number of rotatable bonds is 2. The monoisotopic (exact) mass is 268 g/mol. The highest BCUT2D eigenvalue weighted by Gasteiger charge is 2.34. The first-order valence-corrected chi connectivity index (χ1v) is 7.66. The predicted molar refractivity (Wildman–Crippen MR) is 72.9 cm³/mol. The smallest absolute Gasteiger partial charge is 0.243 e. The Balaban J connectivity index is 2.54. The lowest BCUT2D eigenvalue weighted by Gasteiger charge is -2.23. The molecule has 1 atom stereocenters. The fraction of sp³-hybridized carbons (Fsp3) is 0.538. The number of sulfonamides is 1. The van der Waals surface area contributed by atoms with Crippen LogP contribution in [0.1, 0.15) is 30.9 Å². The van der Waals surface area contributed by atoms with Gasteiger partial charge in [-0.2, -0.15) is 4.31 Å². The van der Waals surface area contributed by atoms with Gasteiger partial charge in [-0.25, -0.2) is 8.42 Å². The van der Waals surface area contributed by atoms with Crippen LogP contribution >= 0.6 is 0 Å². The van der Waals surface area contributed by atoms with Gasteiger partial charge in [0, 0.05) is 18.3 Å². The van der Waals surface area contributed by atoms with Gasteiger partial charge in [-0.05, 0) is 56.9 Å². The van der Waals surface area contributed by atoms with Gasteiger partial charge in [0.25, 0.3) is 0 Å². The van der Waals surface area contributed by atoms with E-state index in [1.807, 2.05) is 6.92 Å². The number of nitrogens with zero attached hydrogens (tertiary/aromatic N) is 1. The van der Waals surface area contributed by atoms with Crippen molar-refractivity contribution in [2.75, 3.05) is 12.3 Å².